The van der Waals surface area contributed by atoms with Crippen molar-refractivity contribution in [3.8, 4) is 0 Å². The van der Waals surface area contributed by atoms with Crippen LogP contribution < -0.4 is 4.57 Å². The number of imidazole rings is 1. The van der Waals surface area contributed by atoms with Gasteiger partial charge in [0, 0.05) is 0 Å². The van der Waals surface area contributed by atoms with E-state index in [0.717, 1.165) is 0 Å². The number of hydrogen-bond donors (Lipinski definition) is 1. The monoisotopic (exact) mass is 363 g/mol. The number of H-pyrrole nitrogens is 1. The molecule has 26 heavy (non-hydrogen) atoms. The summed E-state index contributed by atoms with van der Waals surface area (Å²) in [6.07, 6.45) is 22.3. The molecule has 0 saturated heterocycles. The molecule has 0 amide bonds. The highest BCUT2D eigenvalue weighted by Gasteiger charge is 2.27. The Balaban J connectivity index is 2.50. The number of nitrogens with one attached hydrogen (secondary N) is 1. The van der Waals surface area contributed by atoms with Gasteiger partial charge < -0.3 is 0 Å². The second-order valence-corrected chi connectivity index (χ2v) is 8.71. The summed E-state index contributed by atoms with van der Waals surface area (Å²) in [5, 5.41) is 0. The highest BCUT2D eigenvalue weighted by Crippen LogP contribution is 2.28. The van der Waals surface area contributed by atoms with Gasteiger partial charge in [0.25, 0.3) is 5.82 Å². The highest BCUT2D eigenvalue weighted by molar-refractivity contribution is 4.92. The van der Waals surface area contributed by atoms with Gasteiger partial charge >= 0.3 is 0 Å². The quantitative estimate of drug-likeness (QED) is 0.229. The minimum atomic E-state index is 0.614. The van der Waals surface area contributed by atoms with Crippen LogP contribution in [0.4, 0.5) is 0 Å². The molecule has 1 aromatic rings. The molecule has 1 N–H and O–H groups in total. The van der Waals surface area contributed by atoms with Crippen molar-refractivity contribution in [2.24, 2.45) is 5.92 Å². The zero-order valence-corrected chi connectivity index (χ0v) is 18.5. The fourth-order valence-electron chi connectivity index (χ4n) is 4.15. The van der Waals surface area contributed by atoms with Crippen molar-refractivity contribution in [2.75, 3.05) is 0 Å². The van der Waals surface area contributed by atoms with Gasteiger partial charge in [-0.3, -0.25) is 0 Å². The summed E-state index contributed by atoms with van der Waals surface area (Å²) in [6, 6.07) is 0.614. The lowest BCUT2D eigenvalue weighted by Crippen LogP contribution is -2.41. The molecule has 1 heterocycles. The number of hydrogen-bond acceptors (Lipinski definition) is 0. The third-order valence-electron chi connectivity index (χ3n) is 5.97. The van der Waals surface area contributed by atoms with E-state index in [1.54, 1.807) is 0 Å². The molecule has 152 valence electrons. The van der Waals surface area contributed by atoms with Gasteiger partial charge in [-0.05, 0) is 32.1 Å². The van der Waals surface area contributed by atoms with Crippen LogP contribution in [0.2, 0.25) is 0 Å². The fraction of sp³-hybridized carbons (Fsp3) is 0.875. The van der Waals surface area contributed by atoms with Crippen LogP contribution in [0.1, 0.15) is 136 Å². The van der Waals surface area contributed by atoms with E-state index in [-0.39, 0.29) is 0 Å². The smallest absolute Gasteiger partial charge is 0.247 e. The number of rotatable bonds is 16. The van der Waals surface area contributed by atoms with Crippen LogP contribution in [0, 0.1) is 5.92 Å². The zero-order chi connectivity index (χ0) is 19.2. The summed E-state index contributed by atoms with van der Waals surface area (Å²) in [7, 11) is 0. The molecule has 2 nitrogen and oxygen atoms in total. The molecule has 0 aliphatic heterocycles. The molecular weight excluding hydrogens is 316 g/mol. The van der Waals surface area contributed by atoms with Gasteiger partial charge in [-0.1, -0.05) is 91.9 Å². The first-order valence-corrected chi connectivity index (χ1v) is 11.7. The third kappa shape index (κ3) is 8.73. The van der Waals surface area contributed by atoms with Crippen molar-refractivity contribution in [2.45, 2.75) is 130 Å². The van der Waals surface area contributed by atoms with Gasteiger partial charge in [0.05, 0.1) is 12.0 Å². The molecule has 2 heteroatoms. The molecule has 0 aromatic carbocycles. The molecular formula is C24H47N2+. The Labute approximate surface area is 164 Å². The minimum Gasteiger partial charge on any atom is -0.247 e. The average molecular weight is 364 g/mol. The molecule has 1 aromatic heterocycles. The summed E-state index contributed by atoms with van der Waals surface area (Å²) in [4.78, 5) is 3.60. The fourth-order valence-corrected chi connectivity index (χ4v) is 4.15. The molecule has 2 atom stereocenters. The largest absolute Gasteiger partial charge is 0.257 e. The Kier molecular flexibility index (Phi) is 12.8. The molecule has 2 unspecified atom stereocenters. The Morgan fingerprint density at radius 3 is 1.92 bits per heavy atom. The minimum absolute atomic E-state index is 0.614. The van der Waals surface area contributed by atoms with Gasteiger partial charge in [-0.15, -0.1) is 0 Å². The number of nitrogens with zero attached hydrogens (tertiary/aromatic N) is 1. The van der Waals surface area contributed by atoms with E-state index in [9.17, 15) is 0 Å². The van der Waals surface area contributed by atoms with Gasteiger partial charge in [-0.25, -0.2) is 9.55 Å². The summed E-state index contributed by atoms with van der Waals surface area (Å²) in [5.74, 6) is 2.83. The third-order valence-corrected chi connectivity index (χ3v) is 5.97. The van der Waals surface area contributed by atoms with E-state index in [2.05, 4.69) is 56.6 Å². The summed E-state index contributed by atoms with van der Waals surface area (Å²) >= 11 is 0. The lowest BCUT2D eigenvalue weighted by molar-refractivity contribution is -0.727. The maximum absolute atomic E-state index is 3.60. The van der Waals surface area contributed by atoms with Crippen LogP contribution in [0.3, 0.4) is 0 Å². The van der Waals surface area contributed by atoms with E-state index >= 15 is 0 Å². The first-order valence-electron chi connectivity index (χ1n) is 11.7. The standard InChI is InChI=1S/C24H46N2/c1-6-8-10-12-13-14-16-18-23(21(3)4)24-25-19-20-26(24)22(5)17-15-11-9-7-2/h19-23H,6-18H2,1-5H3/p+1. The van der Waals surface area contributed by atoms with Crippen LogP contribution in [0.15, 0.2) is 12.4 Å². The summed E-state index contributed by atoms with van der Waals surface area (Å²) in [5.41, 5.74) is 0. The lowest BCUT2D eigenvalue weighted by atomic mass is 9.89. The molecule has 1 rings (SSSR count). The topological polar surface area (TPSA) is 19.7 Å². The van der Waals surface area contributed by atoms with E-state index in [1.807, 2.05) is 0 Å². The van der Waals surface area contributed by atoms with Crippen LogP contribution in [-0.2, 0) is 0 Å². The predicted octanol–water partition coefficient (Wildman–Crippen LogP) is 7.71. The lowest BCUT2D eigenvalue weighted by Gasteiger charge is -2.20. The second kappa shape index (κ2) is 14.3. The molecule has 0 spiro atoms. The summed E-state index contributed by atoms with van der Waals surface area (Å²) < 4.78 is 2.54. The summed E-state index contributed by atoms with van der Waals surface area (Å²) in [6.45, 7) is 11.8. The maximum atomic E-state index is 3.60. The molecule has 0 radical (unpaired) electrons. The molecule has 0 aliphatic rings. The van der Waals surface area contributed by atoms with E-state index < -0.39 is 0 Å². The van der Waals surface area contributed by atoms with E-state index in [4.69, 9.17) is 0 Å². The van der Waals surface area contributed by atoms with Crippen LogP contribution in [-0.4, -0.2) is 4.98 Å². The molecule has 0 fully saturated rings. The van der Waals surface area contributed by atoms with Crippen molar-refractivity contribution in [3.63, 3.8) is 0 Å². The van der Waals surface area contributed by atoms with Crippen molar-refractivity contribution in [3.05, 3.63) is 18.2 Å². The number of aromatic nitrogens is 2. The number of aromatic amines is 1. The van der Waals surface area contributed by atoms with Crippen molar-refractivity contribution in [1.29, 1.82) is 0 Å². The van der Waals surface area contributed by atoms with Crippen molar-refractivity contribution in [1.82, 2.24) is 4.98 Å². The highest BCUT2D eigenvalue weighted by atomic mass is 15.1. The SMILES string of the molecule is CCCCCCCCCC(c1[nH]cc[n+]1C(C)CCCCCC)C(C)C. The molecule has 0 saturated carbocycles. The Bertz CT molecular complexity index is 435. The van der Waals surface area contributed by atoms with Gasteiger partial charge in [-0.2, -0.15) is 0 Å². The Hall–Kier alpha value is -0.790. The van der Waals surface area contributed by atoms with Crippen LogP contribution in [0.5, 0.6) is 0 Å². The second-order valence-electron chi connectivity index (χ2n) is 8.71. The first kappa shape index (κ1) is 23.2. The maximum Gasteiger partial charge on any atom is 0.257 e. The predicted molar refractivity (Wildman–Crippen MR) is 115 cm³/mol. The van der Waals surface area contributed by atoms with Crippen molar-refractivity contribution < 1.29 is 4.57 Å². The normalized spacial score (nSPS) is 14.1. The Morgan fingerprint density at radius 1 is 0.769 bits per heavy atom. The van der Waals surface area contributed by atoms with Crippen LogP contribution in [0.25, 0.3) is 0 Å². The van der Waals surface area contributed by atoms with Crippen molar-refractivity contribution >= 4 is 0 Å². The number of unbranched alkanes of at least 4 members (excludes halogenated alkanes) is 9. The Morgan fingerprint density at radius 2 is 1.31 bits per heavy atom. The average Bonchev–Trinajstić information content (AvgIpc) is 3.10. The first-order chi connectivity index (χ1) is 12.6. The zero-order valence-electron chi connectivity index (χ0n) is 18.5. The van der Waals surface area contributed by atoms with Gasteiger partial charge in [0.1, 0.15) is 12.4 Å². The van der Waals surface area contributed by atoms with E-state index in [1.165, 1.54) is 89.3 Å². The van der Waals surface area contributed by atoms with Crippen LogP contribution >= 0.6 is 0 Å². The molecule has 0 aliphatic carbocycles. The van der Waals surface area contributed by atoms with Gasteiger partial charge in [0.2, 0.25) is 0 Å². The molecule has 0 bridgehead atoms. The van der Waals surface area contributed by atoms with E-state index in [0.29, 0.717) is 17.9 Å². The van der Waals surface area contributed by atoms with Gasteiger partial charge in [0.15, 0.2) is 0 Å².